The van der Waals surface area contributed by atoms with Gasteiger partial charge in [0.25, 0.3) is 0 Å². The second-order valence-corrected chi connectivity index (χ2v) is 5.88. The first kappa shape index (κ1) is 16.8. The van der Waals surface area contributed by atoms with E-state index in [-0.39, 0.29) is 0 Å². The minimum Gasteiger partial charge on any atom is -0.355 e. The van der Waals surface area contributed by atoms with Crippen molar-refractivity contribution in [2.24, 2.45) is 4.99 Å². The smallest absolute Gasteiger partial charge is 0.191 e. The summed E-state index contributed by atoms with van der Waals surface area (Å²) in [7, 11) is 1.84. The summed E-state index contributed by atoms with van der Waals surface area (Å²) < 4.78 is 0. The molecule has 0 unspecified atom stereocenters. The molecule has 1 aromatic carbocycles. The lowest BCUT2D eigenvalue weighted by Gasteiger charge is -2.26. The van der Waals surface area contributed by atoms with Crippen LogP contribution in [0.25, 0.3) is 0 Å². The van der Waals surface area contributed by atoms with Crippen molar-refractivity contribution in [3.8, 4) is 0 Å². The van der Waals surface area contributed by atoms with Gasteiger partial charge in [0.05, 0.1) is 0 Å². The average molecular weight is 302 g/mol. The lowest BCUT2D eigenvalue weighted by atomic mass is 10.1. The maximum Gasteiger partial charge on any atom is 0.191 e. The molecule has 0 spiro atoms. The Labute approximate surface area is 135 Å². The fourth-order valence-electron chi connectivity index (χ4n) is 2.99. The quantitative estimate of drug-likeness (QED) is 0.626. The summed E-state index contributed by atoms with van der Waals surface area (Å²) in [6.07, 6.45) is 5.16. The third-order valence-electron chi connectivity index (χ3n) is 4.34. The van der Waals surface area contributed by atoms with E-state index in [0.29, 0.717) is 0 Å². The molecule has 4 nitrogen and oxygen atoms in total. The van der Waals surface area contributed by atoms with Crippen molar-refractivity contribution in [2.75, 3.05) is 33.2 Å². The van der Waals surface area contributed by atoms with Gasteiger partial charge in [0.2, 0.25) is 0 Å². The van der Waals surface area contributed by atoms with Crippen molar-refractivity contribution < 1.29 is 0 Å². The molecule has 4 heteroatoms. The Bertz CT molecular complexity index is 464. The molecule has 0 aliphatic carbocycles. The number of piperidine rings is 1. The molecule has 0 saturated carbocycles. The number of benzene rings is 1. The zero-order chi connectivity index (χ0) is 15.6. The van der Waals surface area contributed by atoms with Crippen LogP contribution in [0.2, 0.25) is 0 Å². The molecule has 2 rings (SSSR count). The van der Waals surface area contributed by atoms with Crippen LogP contribution < -0.4 is 10.6 Å². The predicted octanol–water partition coefficient (Wildman–Crippen LogP) is 2.40. The van der Waals surface area contributed by atoms with Crippen molar-refractivity contribution in [2.45, 2.75) is 39.2 Å². The molecule has 0 bridgehead atoms. The number of hydrogen-bond acceptors (Lipinski definition) is 2. The molecule has 0 aromatic heterocycles. The van der Waals surface area contributed by atoms with Gasteiger partial charge in [-0.15, -0.1) is 0 Å². The molecule has 2 N–H and O–H groups in total. The van der Waals surface area contributed by atoms with Crippen LogP contribution in [0.5, 0.6) is 0 Å². The minimum absolute atomic E-state index is 0.827. The number of aliphatic imine (C=N–C) groups is 1. The minimum atomic E-state index is 0.827. The zero-order valence-corrected chi connectivity index (χ0v) is 14.1. The maximum absolute atomic E-state index is 4.32. The van der Waals surface area contributed by atoms with Crippen LogP contribution in [-0.2, 0) is 13.0 Å². The van der Waals surface area contributed by atoms with Crippen LogP contribution in [0.1, 0.15) is 37.3 Å². The maximum atomic E-state index is 4.32. The zero-order valence-electron chi connectivity index (χ0n) is 14.1. The number of likely N-dealkylation sites (tertiary alicyclic amines) is 1. The van der Waals surface area contributed by atoms with Gasteiger partial charge in [-0.3, -0.25) is 4.99 Å². The van der Waals surface area contributed by atoms with Crippen LogP contribution in [0.15, 0.2) is 29.3 Å². The highest BCUT2D eigenvalue weighted by molar-refractivity contribution is 5.79. The molecular formula is C18H30N4. The summed E-state index contributed by atoms with van der Waals surface area (Å²) in [5.74, 6) is 0.892. The van der Waals surface area contributed by atoms with Gasteiger partial charge < -0.3 is 15.5 Å². The number of nitrogens with one attached hydrogen (secondary N) is 2. The fourth-order valence-corrected chi connectivity index (χ4v) is 2.99. The summed E-state index contributed by atoms with van der Waals surface area (Å²) in [4.78, 5) is 6.86. The molecule has 1 fully saturated rings. The van der Waals surface area contributed by atoms with Crippen LogP contribution in [0.3, 0.4) is 0 Å². The highest BCUT2D eigenvalue weighted by Gasteiger charge is 2.09. The number of hydrogen-bond donors (Lipinski definition) is 2. The molecule has 22 heavy (non-hydrogen) atoms. The molecule has 122 valence electrons. The number of guanidine groups is 1. The molecule has 0 amide bonds. The number of nitrogens with zero attached hydrogens (tertiary/aromatic N) is 2. The molecule has 1 saturated heterocycles. The van der Waals surface area contributed by atoms with Gasteiger partial charge in [-0.2, -0.15) is 0 Å². The van der Waals surface area contributed by atoms with Gasteiger partial charge in [0, 0.05) is 26.7 Å². The van der Waals surface area contributed by atoms with Crippen molar-refractivity contribution in [3.05, 3.63) is 35.4 Å². The number of aryl methyl sites for hydroxylation is 1. The third kappa shape index (κ3) is 5.34. The van der Waals surface area contributed by atoms with E-state index in [2.05, 4.69) is 51.7 Å². The standard InChI is InChI=1S/C18H30N4/c1-3-16-9-5-6-10-17(16)15-21-18(19-2)20-11-14-22-12-7-4-8-13-22/h5-6,9-10H,3-4,7-8,11-15H2,1-2H3,(H2,19,20,21). The van der Waals surface area contributed by atoms with Crippen LogP contribution in [-0.4, -0.2) is 44.1 Å². The SMILES string of the molecule is CCc1ccccc1CNC(=NC)NCCN1CCCCC1. The Morgan fingerprint density at radius 3 is 2.50 bits per heavy atom. The Morgan fingerprint density at radius 1 is 1.09 bits per heavy atom. The van der Waals surface area contributed by atoms with E-state index in [1.165, 1.54) is 43.5 Å². The largest absolute Gasteiger partial charge is 0.355 e. The van der Waals surface area contributed by atoms with E-state index in [0.717, 1.165) is 32.0 Å². The predicted molar refractivity (Wildman–Crippen MR) is 94.3 cm³/mol. The average Bonchev–Trinajstić information content (AvgIpc) is 2.59. The van der Waals surface area contributed by atoms with E-state index >= 15 is 0 Å². The van der Waals surface area contributed by atoms with Crippen LogP contribution in [0.4, 0.5) is 0 Å². The Kier molecular flexibility index (Phi) is 7.23. The number of rotatable bonds is 6. The van der Waals surface area contributed by atoms with E-state index < -0.39 is 0 Å². The lowest BCUT2D eigenvalue weighted by Crippen LogP contribution is -2.42. The van der Waals surface area contributed by atoms with Crippen molar-refractivity contribution in [3.63, 3.8) is 0 Å². The monoisotopic (exact) mass is 302 g/mol. The van der Waals surface area contributed by atoms with Crippen LogP contribution >= 0.6 is 0 Å². The van der Waals surface area contributed by atoms with Gasteiger partial charge in [-0.05, 0) is 43.5 Å². The lowest BCUT2D eigenvalue weighted by molar-refractivity contribution is 0.232. The van der Waals surface area contributed by atoms with Gasteiger partial charge in [-0.1, -0.05) is 37.6 Å². The first-order valence-corrected chi connectivity index (χ1v) is 8.57. The fraction of sp³-hybridized carbons (Fsp3) is 0.611. The van der Waals surface area contributed by atoms with Crippen molar-refractivity contribution >= 4 is 5.96 Å². The Balaban J connectivity index is 1.72. The Hall–Kier alpha value is -1.55. The van der Waals surface area contributed by atoms with Gasteiger partial charge in [0.15, 0.2) is 5.96 Å². The second kappa shape index (κ2) is 9.46. The summed E-state index contributed by atoms with van der Waals surface area (Å²) in [6, 6.07) is 8.59. The van der Waals surface area contributed by atoms with Gasteiger partial charge >= 0.3 is 0 Å². The van der Waals surface area contributed by atoms with E-state index in [1.807, 2.05) is 7.05 Å². The van der Waals surface area contributed by atoms with Gasteiger partial charge in [0.1, 0.15) is 0 Å². The molecule has 0 radical (unpaired) electrons. The third-order valence-corrected chi connectivity index (χ3v) is 4.34. The Morgan fingerprint density at radius 2 is 1.82 bits per heavy atom. The first-order valence-electron chi connectivity index (χ1n) is 8.57. The van der Waals surface area contributed by atoms with E-state index in [9.17, 15) is 0 Å². The molecule has 1 heterocycles. The first-order chi connectivity index (χ1) is 10.8. The molecule has 0 atom stereocenters. The summed E-state index contributed by atoms with van der Waals surface area (Å²) in [6.45, 7) is 7.58. The molecular weight excluding hydrogens is 272 g/mol. The summed E-state index contributed by atoms with van der Waals surface area (Å²) in [5.41, 5.74) is 2.75. The van der Waals surface area contributed by atoms with Crippen molar-refractivity contribution in [1.29, 1.82) is 0 Å². The van der Waals surface area contributed by atoms with Crippen molar-refractivity contribution in [1.82, 2.24) is 15.5 Å². The normalized spacial score (nSPS) is 16.5. The molecule has 1 aliphatic rings. The highest BCUT2D eigenvalue weighted by atomic mass is 15.2. The highest BCUT2D eigenvalue weighted by Crippen LogP contribution is 2.09. The summed E-state index contributed by atoms with van der Waals surface area (Å²) >= 11 is 0. The van der Waals surface area contributed by atoms with E-state index in [1.54, 1.807) is 0 Å². The summed E-state index contributed by atoms with van der Waals surface area (Å²) in [5, 5.41) is 6.84. The molecule has 1 aliphatic heterocycles. The van der Waals surface area contributed by atoms with Crippen LogP contribution in [0, 0.1) is 0 Å². The topological polar surface area (TPSA) is 39.7 Å². The second-order valence-electron chi connectivity index (χ2n) is 5.88. The van der Waals surface area contributed by atoms with E-state index in [4.69, 9.17) is 0 Å². The van der Waals surface area contributed by atoms with Gasteiger partial charge in [-0.25, -0.2) is 0 Å². The molecule has 1 aromatic rings.